The summed E-state index contributed by atoms with van der Waals surface area (Å²) in [6.07, 6.45) is 5.38. The van der Waals surface area contributed by atoms with Gasteiger partial charge in [0, 0.05) is 3.57 Å². The van der Waals surface area contributed by atoms with E-state index in [-0.39, 0.29) is 6.10 Å². The van der Waals surface area contributed by atoms with Gasteiger partial charge in [0.05, 0.1) is 11.7 Å². The molecule has 94 valence electrons. The zero-order chi connectivity index (χ0) is 12.7. The summed E-state index contributed by atoms with van der Waals surface area (Å²) in [7, 11) is 0. The fourth-order valence-electron chi connectivity index (χ4n) is 1.80. The van der Waals surface area contributed by atoms with E-state index in [0.29, 0.717) is 11.3 Å². The van der Waals surface area contributed by atoms with E-state index in [4.69, 9.17) is 4.74 Å². The lowest BCUT2D eigenvalue weighted by Gasteiger charge is -2.19. The Labute approximate surface area is 117 Å². The maximum atomic E-state index is 11.0. The second-order valence-electron chi connectivity index (χ2n) is 4.12. The van der Waals surface area contributed by atoms with Gasteiger partial charge in [-0.3, -0.25) is 4.79 Å². The zero-order valence-corrected chi connectivity index (χ0v) is 12.6. The minimum atomic E-state index is 0.226. The second kappa shape index (κ2) is 7.69. The van der Waals surface area contributed by atoms with Crippen molar-refractivity contribution in [2.45, 2.75) is 45.6 Å². The van der Waals surface area contributed by atoms with Crippen molar-refractivity contribution in [2.24, 2.45) is 0 Å². The van der Waals surface area contributed by atoms with E-state index >= 15 is 0 Å². The van der Waals surface area contributed by atoms with Gasteiger partial charge in [-0.15, -0.1) is 0 Å². The maximum absolute atomic E-state index is 11.0. The molecule has 0 aliphatic carbocycles. The molecule has 0 fully saturated rings. The minimum absolute atomic E-state index is 0.226. The van der Waals surface area contributed by atoms with Gasteiger partial charge in [-0.05, 0) is 53.6 Å². The van der Waals surface area contributed by atoms with Crippen LogP contribution in [0.25, 0.3) is 0 Å². The number of benzene rings is 1. The zero-order valence-electron chi connectivity index (χ0n) is 10.4. The molecule has 0 aliphatic rings. The Bertz CT molecular complexity index is 357. The lowest BCUT2D eigenvalue weighted by molar-refractivity contribution is 0.111. The van der Waals surface area contributed by atoms with Gasteiger partial charge in [0.1, 0.15) is 5.75 Å². The Balaban J connectivity index is 2.80. The van der Waals surface area contributed by atoms with Crippen molar-refractivity contribution >= 4 is 28.9 Å². The molecule has 0 aliphatic heterocycles. The first-order valence-corrected chi connectivity index (χ1v) is 7.20. The molecule has 3 heteroatoms. The minimum Gasteiger partial charge on any atom is -0.490 e. The molecule has 0 atom stereocenters. The number of halogens is 1. The van der Waals surface area contributed by atoms with Gasteiger partial charge in [0.25, 0.3) is 0 Å². The molecule has 1 aromatic rings. The Morgan fingerprint density at radius 1 is 1.29 bits per heavy atom. The van der Waals surface area contributed by atoms with Gasteiger partial charge in [0.2, 0.25) is 0 Å². The predicted octanol–water partition coefficient (Wildman–Crippen LogP) is 4.45. The van der Waals surface area contributed by atoms with Crippen LogP contribution in [-0.4, -0.2) is 12.4 Å². The fraction of sp³-hybridized carbons (Fsp3) is 0.500. The largest absolute Gasteiger partial charge is 0.490 e. The molecule has 0 saturated heterocycles. The van der Waals surface area contributed by atoms with Crippen molar-refractivity contribution in [3.63, 3.8) is 0 Å². The van der Waals surface area contributed by atoms with Crippen LogP contribution in [-0.2, 0) is 0 Å². The van der Waals surface area contributed by atoms with Crippen LogP contribution in [0.2, 0.25) is 0 Å². The molecular formula is C14H19IO2. The van der Waals surface area contributed by atoms with E-state index in [2.05, 4.69) is 36.4 Å². The van der Waals surface area contributed by atoms with Crippen molar-refractivity contribution in [3.05, 3.63) is 27.3 Å². The first-order valence-electron chi connectivity index (χ1n) is 6.12. The van der Waals surface area contributed by atoms with Crippen LogP contribution in [0.1, 0.15) is 49.9 Å². The lowest BCUT2D eigenvalue weighted by atomic mass is 10.1. The normalized spacial score (nSPS) is 10.6. The molecule has 0 radical (unpaired) electrons. The fourth-order valence-corrected chi connectivity index (χ4v) is 2.32. The van der Waals surface area contributed by atoms with Crippen molar-refractivity contribution in [1.29, 1.82) is 0 Å². The third-order valence-electron chi connectivity index (χ3n) is 2.61. The molecule has 0 aromatic heterocycles. The first-order chi connectivity index (χ1) is 8.21. The molecule has 0 spiro atoms. The van der Waals surface area contributed by atoms with Crippen LogP contribution in [0.3, 0.4) is 0 Å². The van der Waals surface area contributed by atoms with Gasteiger partial charge in [-0.25, -0.2) is 0 Å². The smallest absolute Gasteiger partial charge is 0.153 e. The van der Waals surface area contributed by atoms with Crippen molar-refractivity contribution in [1.82, 2.24) is 0 Å². The number of hydrogen-bond acceptors (Lipinski definition) is 2. The Hall–Kier alpha value is -0.580. The Morgan fingerprint density at radius 3 is 2.47 bits per heavy atom. The summed E-state index contributed by atoms with van der Waals surface area (Å²) in [6.45, 7) is 4.31. The molecule has 1 rings (SSSR count). The third-order valence-corrected chi connectivity index (χ3v) is 3.28. The van der Waals surface area contributed by atoms with Gasteiger partial charge < -0.3 is 4.74 Å². The van der Waals surface area contributed by atoms with E-state index in [9.17, 15) is 4.79 Å². The monoisotopic (exact) mass is 346 g/mol. The summed E-state index contributed by atoms with van der Waals surface area (Å²) in [6, 6.07) is 5.72. The molecule has 0 amide bonds. The van der Waals surface area contributed by atoms with E-state index in [0.717, 1.165) is 35.5 Å². The van der Waals surface area contributed by atoms with Crippen LogP contribution < -0.4 is 4.74 Å². The SMILES string of the molecule is CCCC(CCC)Oc1ccc(I)cc1C=O. The van der Waals surface area contributed by atoms with Gasteiger partial charge >= 0.3 is 0 Å². The van der Waals surface area contributed by atoms with Crippen LogP contribution in [0, 0.1) is 3.57 Å². The average molecular weight is 346 g/mol. The highest BCUT2D eigenvalue weighted by atomic mass is 127. The second-order valence-corrected chi connectivity index (χ2v) is 5.36. The van der Waals surface area contributed by atoms with E-state index < -0.39 is 0 Å². The summed E-state index contributed by atoms with van der Waals surface area (Å²) < 4.78 is 6.99. The summed E-state index contributed by atoms with van der Waals surface area (Å²) in [4.78, 5) is 11.0. The van der Waals surface area contributed by atoms with Crippen LogP contribution >= 0.6 is 22.6 Å². The van der Waals surface area contributed by atoms with Crippen LogP contribution in [0.15, 0.2) is 18.2 Å². The topological polar surface area (TPSA) is 26.3 Å². The van der Waals surface area contributed by atoms with Crippen LogP contribution in [0.5, 0.6) is 5.75 Å². The molecule has 2 nitrogen and oxygen atoms in total. The summed E-state index contributed by atoms with van der Waals surface area (Å²) >= 11 is 2.20. The van der Waals surface area contributed by atoms with Crippen molar-refractivity contribution in [3.8, 4) is 5.75 Å². The molecule has 0 unspecified atom stereocenters. The molecule has 0 heterocycles. The molecule has 0 saturated carbocycles. The number of carbonyl (C=O) groups is 1. The molecule has 17 heavy (non-hydrogen) atoms. The highest BCUT2D eigenvalue weighted by molar-refractivity contribution is 14.1. The molecule has 0 N–H and O–H groups in total. The van der Waals surface area contributed by atoms with Crippen molar-refractivity contribution < 1.29 is 9.53 Å². The third kappa shape index (κ3) is 4.66. The maximum Gasteiger partial charge on any atom is 0.153 e. The quantitative estimate of drug-likeness (QED) is 0.539. The summed E-state index contributed by atoms with van der Waals surface area (Å²) in [5.41, 5.74) is 0.647. The number of aldehydes is 1. The first kappa shape index (κ1) is 14.5. The number of rotatable bonds is 7. The van der Waals surface area contributed by atoms with E-state index in [1.165, 1.54) is 0 Å². The number of hydrogen-bond donors (Lipinski definition) is 0. The van der Waals surface area contributed by atoms with Crippen LogP contribution in [0.4, 0.5) is 0 Å². The van der Waals surface area contributed by atoms with Gasteiger partial charge in [0.15, 0.2) is 6.29 Å². The van der Waals surface area contributed by atoms with Crippen molar-refractivity contribution in [2.75, 3.05) is 0 Å². The number of ether oxygens (including phenoxy) is 1. The molecule has 1 aromatic carbocycles. The Morgan fingerprint density at radius 2 is 1.94 bits per heavy atom. The number of carbonyl (C=O) groups excluding carboxylic acids is 1. The molecule has 0 bridgehead atoms. The van der Waals surface area contributed by atoms with E-state index in [1.807, 2.05) is 18.2 Å². The summed E-state index contributed by atoms with van der Waals surface area (Å²) in [5.74, 6) is 0.715. The Kier molecular flexibility index (Phi) is 6.55. The van der Waals surface area contributed by atoms with Gasteiger partial charge in [-0.1, -0.05) is 26.7 Å². The standard InChI is InChI=1S/C14H19IO2/c1-3-5-13(6-4-2)17-14-8-7-12(15)9-11(14)10-16/h7-10,13H,3-6H2,1-2H3. The van der Waals surface area contributed by atoms with E-state index in [1.54, 1.807) is 0 Å². The highest BCUT2D eigenvalue weighted by Gasteiger charge is 2.11. The molecular weight excluding hydrogens is 327 g/mol. The predicted molar refractivity (Wildman–Crippen MR) is 78.8 cm³/mol. The average Bonchev–Trinajstić information content (AvgIpc) is 2.32. The summed E-state index contributed by atoms with van der Waals surface area (Å²) in [5, 5.41) is 0. The lowest BCUT2D eigenvalue weighted by Crippen LogP contribution is -2.16. The van der Waals surface area contributed by atoms with Gasteiger partial charge in [-0.2, -0.15) is 0 Å². The highest BCUT2D eigenvalue weighted by Crippen LogP contribution is 2.23.